The van der Waals surface area contributed by atoms with Crippen LogP contribution in [0.15, 0.2) is 59.2 Å². The summed E-state index contributed by atoms with van der Waals surface area (Å²) in [5.41, 5.74) is 0. The molecule has 0 aromatic heterocycles. The summed E-state index contributed by atoms with van der Waals surface area (Å²) in [4.78, 5) is 59.3. The molecule has 0 aliphatic carbocycles. The average Bonchev–Trinajstić information content (AvgIpc) is 3.26. The Labute approximate surface area is 349 Å². The predicted octanol–water partition coefficient (Wildman–Crippen LogP) is 4.15. The maximum Gasteiger partial charge on any atom is 0.373 e. The number of carbonyl (C=O) groups is 5. The van der Waals surface area contributed by atoms with E-state index in [0.29, 0.717) is 0 Å². The van der Waals surface area contributed by atoms with Gasteiger partial charge >= 0.3 is 29.8 Å². The van der Waals surface area contributed by atoms with E-state index in [1.807, 2.05) is 0 Å². The van der Waals surface area contributed by atoms with E-state index in [0.717, 1.165) is 0 Å². The highest BCUT2D eigenvalue weighted by molar-refractivity contribution is 5.87. The minimum atomic E-state index is -0.997. The number of rotatable bonds is 34. The molecule has 0 spiro atoms. The largest absolute Gasteiger partial charge is 0.502 e. The molecule has 0 aromatic carbocycles. The van der Waals surface area contributed by atoms with Crippen LogP contribution >= 0.6 is 0 Å². The van der Waals surface area contributed by atoms with Crippen molar-refractivity contribution in [1.82, 2.24) is 0 Å². The quantitative estimate of drug-likeness (QED) is 0.0200. The monoisotopic (exact) mass is 862 g/mol. The molecule has 0 saturated carbocycles. The Bertz CT molecular complexity index is 1350. The SMILES string of the molecule is CC=C(O)C(=O)OCCCOCC(OCCCOC(=O)C(O)=CC)C(OCCCOC(=O)C(O)=CC)C(COCCCOC(=O)C(O)=CC)OCCCOC(=O)C(O)=CC. The molecule has 0 aliphatic rings. The lowest BCUT2D eigenvalue weighted by Gasteiger charge is -2.33. The number of aliphatic hydroxyl groups is 5. The Hall–Kier alpha value is -5.15. The van der Waals surface area contributed by atoms with Crippen molar-refractivity contribution < 1.29 is 96.9 Å². The van der Waals surface area contributed by atoms with Gasteiger partial charge in [-0.3, -0.25) is 0 Å². The molecule has 0 bridgehead atoms. The first-order valence-corrected chi connectivity index (χ1v) is 19.4. The zero-order valence-electron chi connectivity index (χ0n) is 35.0. The molecule has 0 fully saturated rings. The highest BCUT2D eigenvalue weighted by Crippen LogP contribution is 2.17. The topological polar surface area (TPSA) is 279 Å². The summed E-state index contributed by atoms with van der Waals surface area (Å²) >= 11 is 0. The maximum atomic E-state index is 11.9. The molecule has 0 radical (unpaired) electrons. The first-order valence-electron chi connectivity index (χ1n) is 19.4. The van der Waals surface area contributed by atoms with E-state index in [4.69, 9.17) is 47.4 Å². The van der Waals surface area contributed by atoms with E-state index in [2.05, 4.69) is 0 Å². The van der Waals surface area contributed by atoms with Crippen molar-refractivity contribution in [2.45, 2.75) is 85.0 Å². The van der Waals surface area contributed by atoms with Crippen LogP contribution in [0.25, 0.3) is 0 Å². The van der Waals surface area contributed by atoms with E-state index in [-0.39, 0.29) is 111 Å². The second-order valence-electron chi connectivity index (χ2n) is 12.1. The van der Waals surface area contributed by atoms with Crippen LogP contribution in [0.5, 0.6) is 0 Å². The number of aliphatic hydroxyl groups excluding tert-OH is 5. The van der Waals surface area contributed by atoms with E-state index in [1.165, 1.54) is 65.0 Å². The predicted molar refractivity (Wildman–Crippen MR) is 211 cm³/mol. The molecule has 0 amide bonds. The molecular formula is C40H62O20. The third kappa shape index (κ3) is 25.4. The molecule has 20 heteroatoms. The number of ether oxygens (including phenoxy) is 10. The molecule has 0 aliphatic heterocycles. The zero-order chi connectivity index (χ0) is 45.1. The van der Waals surface area contributed by atoms with Crippen molar-refractivity contribution in [3.8, 4) is 0 Å². The number of carbonyl (C=O) groups excluding carboxylic acids is 5. The summed E-state index contributed by atoms with van der Waals surface area (Å²) < 4.78 is 55.6. The summed E-state index contributed by atoms with van der Waals surface area (Å²) in [5.74, 6) is -7.33. The van der Waals surface area contributed by atoms with Gasteiger partial charge < -0.3 is 72.9 Å². The van der Waals surface area contributed by atoms with Crippen LogP contribution in [0.1, 0.15) is 66.7 Å². The van der Waals surface area contributed by atoms with Gasteiger partial charge in [0.05, 0.1) is 66.1 Å². The van der Waals surface area contributed by atoms with Crippen molar-refractivity contribution in [3.05, 3.63) is 59.2 Å². The van der Waals surface area contributed by atoms with E-state index < -0.39 is 77.0 Å². The molecule has 60 heavy (non-hydrogen) atoms. The number of hydrogen-bond acceptors (Lipinski definition) is 20. The van der Waals surface area contributed by atoms with Gasteiger partial charge in [-0.25, -0.2) is 24.0 Å². The Morgan fingerprint density at radius 2 is 0.600 bits per heavy atom. The van der Waals surface area contributed by atoms with Gasteiger partial charge in [0.2, 0.25) is 0 Å². The number of allylic oxidation sites excluding steroid dienone is 5. The zero-order valence-corrected chi connectivity index (χ0v) is 35.0. The summed E-state index contributed by atoms with van der Waals surface area (Å²) in [6.07, 6.45) is 4.03. The van der Waals surface area contributed by atoms with Crippen molar-refractivity contribution in [2.75, 3.05) is 79.3 Å². The molecular weight excluding hydrogens is 800 g/mol. The van der Waals surface area contributed by atoms with Crippen LogP contribution in [0.4, 0.5) is 0 Å². The average molecular weight is 863 g/mol. The Kier molecular flexibility index (Phi) is 31.7. The lowest BCUT2D eigenvalue weighted by molar-refractivity contribution is -0.174. The minimum absolute atomic E-state index is 0.0133. The minimum Gasteiger partial charge on any atom is -0.502 e. The van der Waals surface area contributed by atoms with Crippen LogP contribution in [0.3, 0.4) is 0 Å². The molecule has 0 aromatic rings. The third-order valence-electron chi connectivity index (χ3n) is 7.58. The van der Waals surface area contributed by atoms with Crippen molar-refractivity contribution >= 4 is 29.8 Å². The molecule has 0 saturated heterocycles. The smallest absolute Gasteiger partial charge is 0.373 e. The van der Waals surface area contributed by atoms with Crippen LogP contribution in [0, 0.1) is 0 Å². The highest BCUT2D eigenvalue weighted by Gasteiger charge is 2.33. The lowest BCUT2D eigenvalue weighted by Crippen LogP contribution is -2.48. The Morgan fingerprint density at radius 3 is 0.850 bits per heavy atom. The molecule has 20 nitrogen and oxygen atoms in total. The highest BCUT2D eigenvalue weighted by atomic mass is 16.6. The fourth-order valence-electron chi connectivity index (χ4n) is 4.30. The van der Waals surface area contributed by atoms with Gasteiger partial charge in [-0.2, -0.15) is 0 Å². The Morgan fingerprint density at radius 1 is 0.367 bits per heavy atom. The molecule has 0 rings (SSSR count). The van der Waals surface area contributed by atoms with Crippen molar-refractivity contribution in [1.29, 1.82) is 0 Å². The number of esters is 5. The van der Waals surface area contributed by atoms with Gasteiger partial charge in [-0.15, -0.1) is 0 Å². The summed E-state index contributed by atoms with van der Waals surface area (Å²) in [6.45, 7) is 6.61. The van der Waals surface area contributed by atoms with Gasteiger partial charge in [0.15, 0.2) is 28.8 Å². The maximum absolute atomic E-state index is 11.9. The van der Waals surface area contributed by atoms with Crippen LogP contribution in [-0.2, 0) is 71.3 Å². The van der Waals surface area contributed by atoms with Crippen molar-refractivity contribution in [2.24, 2.45) is 0 Å². The lowest BCUT2D eigenvalue weighted by atomic mass is 10.1. The first-order chi connectivity index (χ1) is 28.8. The molecule has 0 heterocycles. The second-order valence-corrected chi connectivity index (χ2v) is 12.1. The number of hydrogen-bond donors (Lipinski definition) is 5. The summed E-state index contributed by atoms with van der Waals surface area (Å²) in [6, 6.07) is 0. The van der Waals surface area contributed by atoms with E-state index in [9.17, 15) is 49.5 Å². The first kappa shape index (κ1) is 54.9. The van der Waals surface area contributed by atoms with Crippen LogP contribution in [-0.4, -0.2) is 153 Å². The normalized spacial score (nSPS) is 14.2. The van der Waals surface area contributed by atoms with Gasteiger partial charge in [-0.1, -0.05) is 0 Å². The van der Waals surface area contributed by atoms with Gasteiger partial charge in [0, 0.05) is 45.3 Å². The van der Waals surface area contributed by atoms with Gasteiger partial charge in [-0.05, 0) is 65.0 Å². The fraction of sp³-hybridized carbons (Fsp3) is 0.625. The van der Waals surface area contributed by atoms with Gasteiger partial charge in [0.25, 0.3) is 0 Å². The fourth-order valence-corrected chi connectivity index (χ4v) is 4.30. The van der Waals surface area contributed by atoms with Crippen LogP contribution < -0.4 is 0 Å². The molecule has 342 valence electrons. The van der Waals surface area contributed by atoms with Crippen LogP contribution in [0.2, 0.25) is 0 Å². The summed E-state index contributed by atoms with van der Waals surface area (Å²) in [7, 11) is 0. The van der Waals surface area contributed by atoms with E-state index >= 15 is 0 Å². The summed E-state index contributed by atoms with van der Waals surface area (Å²) in [5, 5.41) is 47.9. The molecule has 2 atom stereocenters. The molecule has 2 unspecified atom stereocenters. The second kappa shape index (κ2) is 34.7. The van der Waals surface area contributed by atoms with Crippen molar-refractivity contribution in [3.63, 3.8) is 0 Å². The third-order valence-corrected chi connectivity index (χ3v) is 7.58. The van der Waals surface area contributed by atoms with E-state index in [1.54, 1.807) is 0 Å². The standard InChI is InChI=1S/C40H62O20/c1-6-28(41)36(46)56-21-11-16-51-26-33(53-18-13-23-58-38(48)30(43)8-3)35(55-20-15-25-60-40(50)32(45)10-5)34(54-19-14-24-59-39(49)31(44)9-4)27-52-17-12-22-57-37(47)29(42)7-2/h6-10,33-35,41-45H,11-27H2,1-5H3. The molecule has 5 N–H and O–H groups in total. The van der Waals surface area contributed by atoms with Gasteiger partial charge in [0.1, 0.15) is 18.3 Å². The Balaban J connectivity index is 6.26.